The van der Waals surface area contributed by atoms with E-state index in [-0.39, 0.29) is 11.8 Å². The first-order chi connectivity index (χ1) is 11.6. The Bertz CT molecular complexity index is 662. The highest BCUT2D eigenvalue weighted by molar-refractivity contribution is 7.80. The van der Waals surface area contributed by atoms with E-state index >= 15 is 0 Å². The smallest absolute Gasteiger partial charge is 0.387 e. The van der Waals surface area contributed by atoms with E-state index in [2.05, 4.69) is 21.9 Å². The number of alkyl halides is 2. The summed E-state index contributed by atoms with van der Waals surface area (Å²) in [5, 5.41) is 6.73. The summed E-state index contributed by atoms with van der Waals surface area (Å²) in [4.78, 5) is 0. The molecule has 1 atom stereocenters. The summed E-state index contributed by atoms with van der Waals surface area (Å²) in [5.41, 5.74) is 1.88. The lowest BCUT2D eigenvalue weighted by Crippen LogP contribution is -2.38. The Morgan fingerprint density at radius 2 is 1.71 bits per heavy atom. The van der Waals surface area contributed by atoms with Crippen LogP contribution in [0.5, 0.6) is 5.75 Å². The first kappa shape index (κ1) is 17.9. The second-order valence-corrected chi connectivity index (χ2v) is 5.34. The van der Waals surface area contributed by atoms with Crippen LogP contribution in [0.2, 0.25) is 0 Å². The summed E-state index contributed by atoms with van der Waals surface area (Å²) in [6, 6.07) is 16.0. The van der Waals surface area contributed by atoms with E-state index < -0.39 is 6.61 Å². The number of ether oxygens (including phenoxy) is 1. The molecule has 0 unspecified atom stereocenters. The third-order valence-electron chi connectivity index (χ3n) is 3.25. The Morgan fingerprint density at radius 3 is 2.29 bits per heavy atom. The van der Waals surface area contributed by atoms with Gasteiger partial charge < -0.3 is 15.4 Å². The van der Waals surface area contributed by atoms with Crippen molar-refractivity contribution >= 4 is 17.3 Å². The van der Waals surface area contributed by atoms with Crippen LogP contribution in [0.15, 0.2) is 67.3 Å². The van der Waals surface area contributed by atoms with Crippen molar-refractivity contribution in [2.75, 3.05) is 6.54 Å². The largest absolute Gasteiger partial charge is 0.435 e. The highest BCUT2D eigenvalue weighted by Crippen LogP contribution is 2.24. The highest BCUT2D eigenvalue weighted by atomic mass is 32.1. The molecular formula is C18H18F2N2OS. The first-order valence-corrected chi connectivity index (χ1v) is 7.76. The molecule has 0 aliphatic heterocycles. The Hall–Kier alpha value is -2.47. The summed E-state index contributed by atoms with van der Waals surface area (Å²) in [6.45, 7) is 1.35. The number of hydrogen-bond acceptors (Lipinski definition) is 2. The quantitative estimate of drug-likeness (QED) is 0.585. The molecule has 6 heteroatoms. The van der Waals surface area contributed by atoms with Crippen molar-refractivity contribution in [3.8, 4) is 5.75 Å². The molecule has 2 aromatic carbocycles. The molecule has 126 valence electrons. The van der Waals surface area contributed by atoms with Gasteiger partial charge in [-0.2, -0.15) is 8.78 Å². The van der Waals surface area contributed by atoms with Crippen LogP contribution < -0.4 is 15.4 Å². The van der Waals surface area contributed by atoms with Crippen LogP contribution in [-0.4, -0.2) is 18.3 Å². The van der Waals surface area contributed by atoms with Gasteiger partial charge >= 0.3 is 6.61 Å². The van der Waals surface area contributed by atoms with E-state index in [1.807, 2.05) is 30.3 Å². The molecule has 0 spiro atoms. The Labute approximate surface area is 145 Å². The van der Waals surface area contributed by atoms with Crippen molar-refractivity contribution in [2.24, 2.45) is 0 Å². The molecule has 2 rings (SSSR count). The van der Waals surface area contributed by atoms with Gasteiger partial charge in [0.25, 0.3) is 0 Å². The van der Waals surface area contributed by atoms with E-state index in [1.54, 1.807) is 18.2 Å². The number of benzene rings is 2. The Morgan fingerprint density at radius 1 is 1.08 bits per heavy atom. The normalized spacial score (nSPS) is 11.6. The molecule has 0 aliphatic rings. The SMILES string of the molecule is C=CCNC(=S)N[C@@H](c1ccccc1)c1ccc(OC(F)F)cc1. The van der Waals surface area contributed by atoms with Gasteiger partial charge in [-0.25, -0.2) is 0 Å². The lowest BCUT2D eigenvalue weighted by Gasteiger charge is -2.22. The minimum absolute atomic E-state index is 0.118. The van der Waals surface area contributed by atoms with Crippen molar-refractivity contribution in [3.63, 3.8) is 0 Å². The van der Waals surface area contributed by atoms with Gasteiger partial charge in [0.15, 0.2) is 5.11 Å². The lowest BCUT2D eigenvalue weighted by molar-refractivity contribution is -0.0498. The van der Waals surface area contributed by atoms with Crippen molar-refractivity contribution in [1.29, 1.82) is 0 Å². The maximum atomic E-state index is 12.3. The lowest BCUT2D eigenvalue weighted by atomic mass is 9.99. The van der Waals surface area contributed by atoms with Crippen molar-refractivity contribution in [1.82, 2.24) is 10.6 Å². The molecule has 0 saturated heterocycles. The second kappa shape index (κ2) is 8.98. The molecule has 24 heavy (non-hydrogen) atoms. The maximum absolute atomic E-state index is 12.3. The van der Waals surface area contributed by atoms with E-state index in [0.717, 1.165) is 11.1 Å². The van der Waals surface area contributed by atoms with Gasteiger partial charge in [-0.05, 0) is 35.5 Å². The van der Waals surface area contributed by atoms with Crippen LogP contribution >= 0.6 is 12.2 Å². The number of nitrogens with one attached hydrogen (secondary N) is 2. The van der Waals surface area contributed by atoms with Crippen LogP contribution in [0.3, 0.4) is 0 Å². The predicted octanol–water partition coefficient (Wildman–Crippen LogP) is 4.03. The average molecular weight is 348 g/mol. The molecule has 0 bridgehead atoms. The zero-order chi connectivity index (χ0) is 17.4. The predicted molar refractivity (Wildman–Crippen MR) is 95.3 cm³/mol. The maximum Gasteiger partial charge on any atom is 0.387 e. The fourth-order valence-corrected chi connectivity index (χ4v) is 2.39. The minimum atomic E-state index is -2.84. The van der Waals surface area contributed by atoms with Gasteiger partial charge in [0.1, 0.15) is 5.75 Å². The minimum Gasteiger partial charge on any atom is -0.435 e. The summed E-state index contributed by atoms with van der Waals surface area (Å²) in [6.07, 6.45) is 1.71. The molecular weight excluding hydrogens is 330 g/mol. The van der Waals surface area contributed by atoms with Crippen LogP contribution in [0.4, 0.5) is 8.78 Å². The third-order valence-corrected chi connectivity index (χ3v) is 3.52. The van der Waals surface area contributed by atoms with Crippen LogP contribution in [0.25, 0.3) is 0 Å². The molecule has 0 radical (unpaired) electrons. The molecule has 0 aliphatic carbocycles. The molecule has 3 nitrogen and oxygen atoms in total. The Balaban J connectivity index is 2.22. The zero-order valence-electron chi connectivity index (χ0n) is 12.9. The molecule has 2 aromatic rings. The van der Waals surface area contributed by atoms with Gasteiger partial charge in [-0.3, -0.25) is 0 Å². The van der Waals surface area contributed by atoms with Gasteiger partial charge in [-0.15, -0.1) is 6.58 Å². The second-order valence-electron chi connectivity index (χ2n) is 4.93. The number of thiocarbonyl (C=S) groups is 1. The summed E-state index contributed by atoms with van der Waals surface area (Å²) >= 11 is 5.28. The third kappa shape index (κ3) is 5.31. The first-order valence-electron chi connectivity index (χ1n) is 7.35. The topological polar surface area (TPSA) is 33.3 Å². The van der Waals surface area contributed by atoms with Crippen LogP contribution in [0, 0.1) is 0 Å². The van der Waals surface area contributed by atoms with Crippen molar-refractivity contribution in [3.05, 3.63) is 78.4 Å². The molecule has 2 N–H and O–H groups in total. The zero-order valence-corrected chi connectivity index (χ0v) is 13.7. The van der Waals surface area contributed by atoms with Crippen LogP contribution in [0.1, 0.15) is 17.2 Å². The van der Waals surface area contributed by atoms with Crippen LogP contribution in [-0.2, 0) is 0 Å². The van der Waals surface area contributed by atoms with E-state index in [4.69, 9.17) is 12.2 Å². The fourth-order valence-electron chi connectivity index (χ4n) is 2.19. The van der Waals surface area contributed by atoms with E-state index in [1.165, 1.54) is 12.1 Å². The molecule has 0 amide bonds. The molecule has 0 saturated carbocycles. The van der Waals surface area contributed by atoms with E-state index in [0.29, 0.717) is 11.7 Å². The fraction of sp³-hybridized carbons (Fsp3) is 0.167. The number of hydrogen-bond donors (Lipinski definition) is 2. The van der Waals surface area contributed by atoms with Crippen molar-refractivity contribution in [2.45, 2.75) is 12.7 Å². The standard InChI is InChI=1S/C18H18F2N2OS/c1-2-12-21-18(24)22-16(13-6-4-3-5-7-13)14-8-10-15(11-9-14)23-17(19)20/h2-11,16-17H,1,12H2,(H2,21,22,24)/t16-/m0/s1. The highest BCUT2D eigenvalue weighted by Gasteiger charge is 2.15. The van der Waals surface area contributed by atoms with Gasteiger partial charge in [-0.1, -0.05) is 48.5 Å². The molecule has 0 heterocycles. The average Bonchev–Trinajstić information content (AvgIpc) is 2.59. The number of rotatable bonds is 7. The van der Waals surface area contributed by atoms with Gasteiger partial charge in [0.05, 0.1) is 6.04 Å². The summed E-state index contributed by atoms with van der Waals surface area (Å²) in [7, 11) is 0. The van der Waals surface area contributed by atoms with Gasteiger partial charge in [0, 0.05) is 6.54 Å². The molecule has 0 fully saturated rings. The summed E-state index contributed by atoms with van der Waals surface area (Å²) in [5.74, 6) is 0.118. The van der Waals surface area contributed by atoms with Gasteiger partial charge in [0.2, 0.25) is 0 Å². The van der Waals surface area contributed by atoms with Crippen molar-refractivity contribution < 1.29 is 13.5 Å². The molecule has 0 aromatic heterocycles. The monoisotopic (exact) mass is 348 g/mol. The number of halogens is 2. The Kier molecular flexibility index (Phi) is 6.69. The van der Waals surface area contributed by atoms with E-state index in [9.17, 15) is 8.78 Å². The summed E-state index contributed by atoms with van der Waals surface area (Å²) < 4.78 is 28.9.